The second-order valence-electron chi connectivity index (χ2n) is 6.29. The van der Waals surface area contributed by atoms with Gasteiger partial charge in [-0.2, -0.15) is 0 Å². The van der Waals surface area contributed by atoms with Gasteiger partial charge in [0, 0.05) is 18.4 Å². The molecule has 0 bridgehead atoms. The van der Waals surface area contributed by atoms with Gasteiger partial charge in [0.25, 0.3) is 5.69 Å². The Hall–Kier alpha value is -1.63. The van der Waals surface area contributed by atoms with Crippen LogP contribution in [0.5, 0.6) is 0 Å². The molecule has 1 aromatic carbocycles. The van der Waals surface area contributed by atoms with Gasteiger partial charge in [-0.1, -0.05) is 20.3 Å². The van der Waals surface area contributed by atoms with Crippen LogP contribution in [-0.2, 0) is 9.84 Å². The van der Waals surface area contributed by atoms with Gasteiger partial charge in [-0.25, -0.2) is 8.42 Å². The number of rotatable bonds is 4. The SMILES string of the molecule is CC1(C)CCCC1Nc1ccc(S(C)(=O)=O)cc1[N+](=O)[O-]. The smallest absolute Gasteiger partial charge is 0.293 e. The zero-order chi connectivity index (χ0) is 15.8. The lowest BCUT2D eigenvalue weighted by atomic mass is 9.87. The van der Waals surface area contributed by atoms with Gasteiger partial charge >= 0.3 is 0 Å². The van der Waals surface area contributed by atoms with E-state index in [0.717, 1.165) is 31.6 Å². The molecule has 0 radical (unpaired) electrons. The zero-order valence-electron chi connectivity index (χ0n) is 12.4. The monoisotopic (exact) mass is 312 g/mol. The summed E-state index contributed by atoms with van der Waals surface area (Å²) in [6.07, 6.45) is 4.15. The number of sulfone groups is 1. The van der Waals surface area contributed by atoms with Crippen LogP contribution in [0.2, 0.25) is 0 Å². The number of benzene rings is 1. The molecule has 1 aliphatic rings. The van der Waals surface area contributed by atoms with Gasteiger partial charge < -0.3 is 5.32 Å². The van der Waals surface area contributed by atoms with Gasteiger partial charge in [-0.15, -0.1) is 0 Å². The van der Waals surface area contributed by atoms with E-state index in [0.29, 0.717) is 5.69 Å². The van der Waals surface area contributed by atoms with Crippen LogP contribution in [-0.4, -0.2) is 25.6 Å². The molecular weight excluding hydrogens is 292 g/mol. The lowest BCUT2D eigenvalue weighted by Crippen LogP contribution is -2.31. The van der Waals surface area contributed by atoms with Gasteiger partial charge in [0.15, 0.2) is 9.84 Å². The third kappa shape index (κ3) is 3.34. The number of nitrogens with zero attached hydrogens (tertiary/aromatic N) is 1. The quantitative estimate of drug-likeness (QED) is 0.682. The maximum atomic E-state index is 11.5. The standard InChI is InChI=1S/C14H20N2O4S/c1-14(2)8-4-5-13(14)15-11-7-6-10(21(3,19)20)9-12(11)16(17)18/h6-7,9,13,15H,4-5,8H2,1-3H3. The fourth-order valence-corrected chi connectivity index (χ4v) is 3.44. The molecule has 0 spiro atoms. The molecular formula is C14H20N2O4S. The maximum Gasteiger partial charge on any atom is 0.293 e. The van der Waals surface area contributed by atoms with E-state index >= 15 is 0 Å². The van der Waals surface area contributed by atoms with Gasteiger partial charge in [0.05, 0.1) is 9.82 Å². The molecule has 0 amide bonds. The fourth-order valence-electron chi connectivity index (χ4n) is 2.80. The first-order valence-corrected chi connectivity index (χ1v) is 8.75. The third-order valence-electron chi connectivity index (χ3n) is 4.18. The van der Waals surface area contributed by atoms with E-state index in [1.807, 2.05) is 0 Å². The first-order valence-electron chi connectivity index (χ1n) is 6.86. The summed E-state index contributed by atoms with van der Waals surface area (Å²) in [5.41, 5.74) is 0.261. The van der Waals surface area contributed by atoms with Crippen molar-refractivity contribution in [2.75, 3.05) is 11.6 Å². The lowest BCUT2D eigenvalue weighted by molar-refractivity contribution is -0.384. The van der Waals surface area contributed by atoms with Crippen molar-refractivity contribution in [2.45, 2.75) is 44.0 Å². The van der Waals surface area contributed by atoms with E-state index in [4.69, 9.17) is 0 Å². The molecule has 1 fully saturated rings. The summed E-state index contributed by atoms with van der Waals surface area (Å²) in [5, 5.41) is 14.4. The van der Waals surface area contributed by atoms with Crippen molar-refractivity contribution < 1.29 is 13.3 Å². The minimum atomic E-state index is -3.46. The molecule has 0 heterocycles. The van der Waals surface area contributed by atoms with E-state index in [-0.39, 0.29) is 22.0 Å². The average molecular weight is 312 g/mol. The number of nitro groups is 1. The Labute approximate surface area is 124 Å². The number of nitrogens with one attached hydrogen (secondary N) is 1. The highest BCUT2D eigenvalue weighted by molar-refractivity contribution is 7.90. The predicted molar refractivity (Wildman–Crippen MR) is 81.2 cm³/mol. The van der Waals surface area contributed by atoms with Gasteiger partial charge in [0.1, 0.15) is 5.69 Å². The highest BCUT2D eigenvalue weighted by Crippen LogP contribution is 2.40. The van der Waals surface area contributed by atoms with Crippen molar-refractivity contribution in [3.05, 3.63) is 28.3 Å². The largest absolute Gasteiger partial charge is 0.376 e. The molecule has 0 aliphatic heterocycles. The number of nitro benzene ring substituents is 1. The van der Waals surface area contributed by atoms with Crippen molar-refractivity contribution in [3.8, 4) is 0 Å². The van der Waals surface area contributed by atoms with Gasteiger partial charge in [0.2, 0.25) is 0 Å². The van der Waals surface area contributed by atoms with Gasteiger partial charge in [-0.05, 0) is 30.4 Å². The Balaban J connectivity index is 2.38. The first-order chi connectivity index (χ1) is 9.61. The summed E-state index contributed by atoms with van der Waals surface area (Å²) >= 11 is 0. The second-order valence-corrected chi connectivity index (χ2v) is 8.30. The van der Waals surface area contributed by atoms with Gasteiger partial charge in [-0.3, -0.25) is 10.1 Å². The van der Waals surface area contributed by atoms with E-state index < -0.39 is 14.8 Å². The highest BCUT2D eigenvalue weighted by Gasteiger charge is 2.35. The van der Waals surface area contributed by atoms with Crippen LogP contribution in [0.25, 0.3) is 0 Å². The van der Waals surface area contributed by atoms with Crippen molar-refractivity contribution >= 4 is 21.2 Å². The van der Waals surface area contributed by atoms with Crippen LogP contribution in [0.1, 0.15) is 33.1 Å². The minimum Gasteiger partial charge on any atom is -0.376 e. The summed E-state index contributed by atoms with van der Waals surface area (Å²) in [7, 11) is -3.46. The Morgan fingerprint density at radius 2 is 2.05 bits per heavy atom. The molecule has 1 N–H and O–H groups in total. The Morgan fingerprint density at radius 3 is 2.52 bits per heavy atom. The minimum absolute atomic E-state index is 0.0366. The Morgan fingerprint density at radius 1 is 1.38 bits per heavy atom. The van der Waals surface area contributed by atoms with Crippen molar-refractivity contribution in [1.82, 2.24) is 0 Å². The lowest BCUT2D eigenvalue weighted by Gasteiger charge is -2.28. The molecule has 1 atom stereocenters. The highest BCUT2D eigenvalue weighted by atomic mass is 32.2. The molecule has 7 heteroatoms. The van der Waals surface area contributed by atoms with E-state index in [1.54, 1.807) is 0 Å². The van der Waals surface area contributed by atoms with Crippen LogP contribution in [0.3, 0.4) is 0 Å². The van der Waals surface area contributed by atoms with Crippen LogP contribution < -0.4 is 5.32 Å². The summed E-state index contributed by atoms with van der Waals surface area (Å²) in [5.74, 6) is 0. The molecule has 1 unspecified atom stereocenters. The first kappa shape index (κ1) is 15.8. The molecule has 1 aromatic rings. The van der Waals surface area contributed by atoms with Crippen molar-refractivity contribution in [3.63, 3.8) is 0 Å². The zero-order valence-corrected chi connectivity index (χ0v) is 13.2. The molecule has 21 heavy (non-hydrogen) atoms. The van der Waals surface area contributed by atoms with Crippen LogP contribution in [0.15, 0.2) is 23.1 Å². The van der Waals surface area contributed by atoms with E-state index in [1.165, 1.54) is 12.1 Å². The van der Waals surface area contributed by atoms with Crippen molar-refractivity contribution in [1.29, 1.82) is 0 Å². The van der Waals surface area contributed by atoms with E-state index in [9.17, 15) is 18.5 Å². The number of hydrogen-bond donors (Lipinski definition) is 1. The Kier molecular flexibility index (Phi) is 3.97. The molecule has 1 saturated carbocycles. The number of hydrogen-bond acceptors (Lipinski definition) is 5. The van der Waals surface area contributed by atoms with Crippen LogP contribution >= 0.6 is 0 Å². The molecule has 0 saturated heterocycles. The molecule has 2 rings (SSSR count). The second kappa shape index (κ2) is 5.29. The molecule has 0 aromatic heterocycles. The summed E-state index contributed by atoms with van der Waals surface area (Å²) < 4.78 is 23.0. The summed E-state index contributed by atoms with van der Waals surface area (Å²) in [6.45, 7) is 4.27. The Bertz CT molecular complexity index is 668. The summed E-state index contributed by atoms with van der Waals surface area (Å²) in [6, 6.07) is 4.18. The average Bonchev–Trinajstić information content (AvgIpc) is 2.67. The third-order valence-corrected chi connectivity index (χ3v) is 5.29. The molecule has 116 valence electrons. The topological polar surface area (TPSA) is 89.3 Å². The molecule has 6 nitrogen and oxygen atoms in total. The fraction of sp³-hybridized carbons (Fsp3) is 0.571. The normalized spacial score (nSPS) is 21.2. The summed E-state index contributed by atoms with van der Waals surface area (Å²) in [4.78, 5) is 10.6. The van der Waals surface area contributed by atoms with Crippen LogP contribution in [0.4, 0.5) is 11.4 Å². The van der Waals surface area contributed by atoms with Crippen LogP contribution in [0, 0.1) is 15.5 Å². The molecule has 1 aliphatic carbocycles. The van der Waals surface area contributed by atoms with E-state index in [2.05, 4.69) is 19.2 Å². The maximum absolute atomic E-state index is 11.5. The predicted octanol–water partition coefficient (Wildman–Crippen LogP) is 2.99. The van der Waals surface area contributed by atoms with Crippen molar-refractivity contribution in [2.24, 2.45) is 5.41 Å². The number of anilines is 1.